The SMILES string of the molecule is CNc1ccc(C(O)c2ccccc2)c(C)n1. The maximum atomic E-state index is 10.3. The molecule has 2 rings (SSSR count). The summed E-state index contributed by atoms with van der Waals surface area (Å²) in [5, 5.41) is 13.3. The van der Waals surface area contributed by atoms with Gasteiger partial charge in [-0.1, -0.05) is 36.4 Å². The molecule has 0 spiro atoms. The predicted octanol–water partition coefficient (Wildman–Crippen LogP) is 2.51. The second-order valence-corrected chi connectivity index (χ2v) is 3.93. The zero-order chi connectivity index (χ0) is 12.3. The molecule has 2 aromatic rings. The number of hydrogen-bond donors (Lipinski definition) is 2. The molecule has 0 saturated heterocycles. The first kappa shape index (κ1) is 11.6. The molecule has 0 aliphatic rings. The molecule has 0 aliphatic carbocycles. The smallest absolute Gasteiger partial charge is 0.125 e. The fourth-order valence-corrected chi connectivity index (χ4v) is 1.81. The van der Waals surface area contributed by atoms with Crippen LogP contribution in [0.25, 0.3) is 0 Å². The van der Waals surface area contributed by atoms with Crippen LogP contribution < -0.4 is 5.32 Å². The van der Waals surface area contributed by atoms with Gasteiger partial charge in [0.2, 0.25) is 0 Å². The van der Waals surface area contributed by atoms with Crippen molar-refractivity contribution in [3.8, 4) is 0 Å². The molecule has 0 bridgehead atoms. The van der Waals surface area contributed by atoms with E-state index in [-0.39, 0.29) is 0 Å². The van der Waals surface area contributed by atoms with Gasteiger partial charge >= 0.3 is 0 Å². The molecule has 0 amide bonds. The van der Waals surface area contributed by atoms with Crippen molar-refractivity contribution in [1.82, 2.24) is 4.98 Å². The number of pyridine rings is 1. The van der Waals surface area contributed by atoms with Crippen molar-refractivity contribution in [2.75, 3.05) is 12.4 Å². The Morgan fingerprint density at radius 2 is 1.82 bits per heavy atom. The van der Waals surface area contributed by atoms with Crippen LogP contribution in [0, 0.1) is 6.92 Å². The number of aryl methyl sites for hydroxylation is 1. The molecular weight excluding hydrogens is 212 g/mol. The van der Waals surface area contributed by atoms with Crippen molar-refractivity contribution < 1.29 is 5.11 Å². The highest BCUT2D eigenvalue weighted by Gasteiger charge is 2.13. The van der Waals surface area contributed by atoms with Crippen LogP contribution in [0.2, 0.25) is 0 Å². The third-order valence-corrected chi connectivity index (χ3v) is 2.79. The molecule has 2 N–H and O–H groups in total. The minimum Gasteiger partial charge on any atom is -0.384 e. The Bertz CT molecular complexity index is 497. The quantitative estimate of drug-likeness (QED) is 0.848. The largest absolute Gasteiger partial charge is 0.384 e. The van der Waals surface area contributed by atoms with E-state index >= 15 is 0 Å². The number of aliphatic hydroxyl groups is 1. The van der Waals surface area contributed by atoms with Gasteiger partial charge in [-0.2, -0.15) is 0 Å². The van der Waals surface area contributed by atoms with Gasteiger partial charge in [0.05, 0.1) is 0 Å². The second kappa shape index (κ2) is 4.97. The Balaban J connectivity index is 2.34. The summed E-state index contributed by atoms with van der Waals surface area (Å²) in [5.74, 6) is 0.812. The fraction of sp³-hybridized carbons (Fsp3) is 0.214. The minimum absolute atomic E-state index is 0.616. The number of aliphatic hydroxyl groups excluding tert-OH is 1. The van der Waals surface area contributed by atoms with Gasteiger partial charge in [-0.3, -0.25) is 0 Å². The summed E-state index contributed by atoms with van der Waals surface area (Å²) >= 11 is 0. The maximum absolute atomic E-state index is 10.3. The molecule has 88 valence electrons. The van der Waals surface area contributed by atoms with E-state index < -0.39 is 6.10 Å². The molecular formula is C14H16N2O. The van der Waals surface area contributed by atoms with Gasteiger partial charge in [-0.25, -0.2) is 4.98 Å². The zero-order valence-corrected chi connectivity index (χ0v) is 10.0. The average Bonchev–Trinajstić information content (AvgIpc) is 2.39. The Morgan fingerprint density at radius 3 is 2.41 bits per heavy atom. The molecule has 1 aromatic heterocycles. The van der Waals surface area contributed by atoms with Crippen molar-refractivity contribution in [3.05, 3.63) is 59.3 Å². The first-order valence-electron chi connectivity index (χ1n) is 5.60. The van der Waals surface area contributed by atoms with E-state index in [1.807, 2.05) is 56.4 Å². The van der Waals surface area contributed by atoms with E-state index in [1.165, 1.54) is 0 Å². The highest BCUT2D eigenvalue weighted by molar-refractivity contribution is 5.41. The number of hydrogen-bond acceptors (Lipinski definition) is 3. The first-order valence-corrected chi connectivity index (χ1v) is 5.60. The van der Waals surface area contributed by atoms with Crippen molar-refractivity contribution in [1.29, 1.82) is 0 Å². The van der Waals surface area contributed by atoms with Gasteiger partial charge < -0.3 is 10.4 Å². The third kappa shape index (κ3) is 2.45. The van der Waals surface area contributed by atoms with Crippen LogP contribution in [0.4, 0.5) is 5.82 Å². The summed E-state index contributed by atoms with van der Waals surface area (Å²) in [6, 6.07) is 13.4. The predicted molar refractivity (Wildman–Crippen MR) is 69.0 cm³/mol. The number of aromatic nitrogens is 1. The third-order valence-electron chi connectivity index (χ3n) is 2.79. The summed E-state index contributed by atoms with van der Waals surface area (Å²) in [6.45, 7) is 1.91. The fourth-order valence-electron chi connectivity index (χ4n) is 1.81. The van der Waals surface area contributed by atoms with Crippen molar-refractivity contribution in [2.45, 2.75) is 13.0 Å². The van der Waals surface area contributed by atoms with Crippen LogP contribution >= 0.6 is 0 Å². The lowest BCUT2D eigenvalue weighted by Crippen LogP contribution is -2.04. The second-order valence-electron chi connectivity index (χ2n) is 3.93. The van der Waals surface area contributed by atoms with Gasteiger partial charge in [0.1, 0.15) is 11.9 Å². The van der Waals surface area contributed by atoms with Crippen molar-refractivity contribution in [2.24, 2.45) is 0 Å². The van der Waals surface area contributed by atoms with Crippen LogP contribution in [0.5, 0.6) is 0 Å². The molecule has 0 saturated carbocycles. The van der Waals surface area contributed by atoms with E-state index in [2.05, 4.69) is 10.3 Å². The molecule has 17 heavy (non-hydrogen) atoms. The van der Waals surface area contributed by atoms with Gasteiger partial charge in [0, 0.05) is 18.3 Å². The summed E-state index contributed by atoms with van der Waals surface area (Å²) in [4.78, 5) is 4.37. The van der Waals surface area contributed by atoms with Gasteiger partial charge in [0.15, 0.2) is 0 Å². The lowest BCUT2D eigenvalue weighted by Gasteiger charge is -2.14. The van der Waals surface area contributed by atoms with E-state index in [0.29, 0.717) is 0 Å². The van der Waals surface area contributed by atoms with Gasteiger partial charge in [-0.15, -0.1) is 0 Å². The minimum atomic E-state index is -0.616. The summed E-state index contributed by atoms with van der Waals surface area (Å²) in [6.07, 6.45) is -0.616. The Morgan fingerprint density at radius 1 is 1.12 bits per heavy atom. The molecule has 1 aromatic carbocycles. The summed E-state index contributed by atoms with van der Waals surface area (Å²) in [5.41, 5.74) is 2.57. The monoisotopic (exact) mass is 228 g/mol. The topological polar surface area (TPSA) is 45.1 Å². The average molecular weight is 228 g/mol. The van der Waals surface area contributed by atoms with E-state index in [0.717, 1.165) is 22.6 Å². The van der Waals surface area contributed by atoms with Crippen LogP contribution in [-0.2, 0) is 0 Å². The van der Waals surface area contributed by atoms with Crippen molar-refractivity contribution >= 4 is 5.82 Å². The molecule has 3 heteroatoms. The lowest BCUT2D eigenvalue weighted by molar-refractivity contribution is 0.219. The molecule has 0 aliphatic heterocycles. The standard InChI is InChI=1S/C14H16N2O/c1-10-12(8-9-13(15-2)16-10)14(17)11-6-4-3-5-7-11/h3-9,14,17H,1-2H3,(H,15,16). The van der Waals surface area contributed by atoms with Gasteiger partial charge in [0.25, 0.3) is 0 Å². The number of nitrogens with one attached hydrogen (secondary N) is 1. The van der Waals surface area contributed by atoms with Crippen LogP contribution in [0.1, 0.15) is 22.9 Å². The number of benzene rings is 1. The van der Waals surface area contributed by atoms with Crippen molar-refractivity contribution in [3.63, 3.8) is 0 Å². The Hall–Kier alpha value is -1.87. The lowest BCUT2D eigenvalue weighted by atomic mass is 10.0. The first-order chi connectivity index (χ1) is 8.22. The number of rotatable bonds is 3. The number of anilines is 1. The van der Waals surface area contributed by atoms with E-state index in [1.54, 1.807) is 0 Å². The molecule has 3 nitrogen and oxygen atoms in total. The maximum Gasteiger partial charge on any atom is 0.125 e. The summed E-state index contributed by atoms with van der Waals surface area (Å²) in [7, 11) is 1.83. The molecule has 1 heterocycles. The van der Waals surface area contributed by atoms with Crippen LogP contribution in [-0.4, -0.2) is 17.1 Å². The highest BCUT2D eigenvalue weighted by Crippen LogP contribution is 2.24. The number of nitrogens with zero attached hydrogens (tertiary/aromatic N) is 1. The molecule has 1 unspecified atom stereocenters. The van der Waals surface area contributed by atoms with E-state index in [4.69, 9.17) is 0 Å². The molecule has 0 radical (unpaired) electrons. The van der Waals surface area contributed by atoms with Crippen LogP contribution in [0.3, 0.4) is 0 Å². The highest BCUT2D eigenvalue weighted by atomic mass is 16.3. The normalized spacial score (nSPS) is 12.2. The van der Waals surface area contributed by atoms with Crippen LogP contribution in [0.15, 0.2) is 42.5 Å². The van der Waals surface area contributed by atoms with E-state index in [9.17, 15) is 5.11 Å². The molecule has 0 fully saturated rings. The zero-order valence-electron chi connectivity index (χ0n) is 10.0. The Labute approximate surface area is 101 Å². The Kier molecular flexibility index (Phi) is 3.40. The molecule has 1 atom stereocenters. The van der Waals surface area contributed by atoms with Gasteiger partial charge in [-0.05, 0) is 18.6 Å². The summed E-state index contributed by atoms with van der Waals surface area (Å²) < 4.78 is 0.